The zero-order valence-corrected chi connectivity index (χ0v) is 16.3. The molecule has 2 N–H and O–H groups in total. The van der Waals surface area contributed by atoms with E-state index in [2.05, 4.69) is 27.7 Å². The summed E-state index contributed by atoms with van der Waals surface area (Å²) in [4.78, 5) is 2.49. The van der Waals surface area contributed by atoms with E-state index in [0.29, 0.717) is 16.7 Å². The monoisotopic (exact) mass is 393 g/mol. The summed E-state index contributed by atoms with van der Waals surface area (Å²) in [5.41, 5.74) is 2.14. The molecule has 1 heterocycles. The van der Waals surface area contributed by atoms with Crippen LogP contribution in [0.2, 0.25) is 10.0 Å². The molecule has 2 aromatic rings. The van der Waals surface area contributed by atoms with Crippen molar-refractivity contribution in [2.45, 2.75) is 13.2 Å². The molecule has 2 aromatic carbocycles. The summed E-state index contributed by atoms with van der Waals surface area (Å²) >= 11 is 12.1. The van der Waals surface area contributed by atoms with Gasteiger partial charge in [-0.1, -0.05) is 41.4 Å². The lowest BCUT2D eigenvalue weighted by Gasteiger charge is -2.27. The number of nitrogens with zero attached hydrogens (tertiary/aromatic N) is 1. The Labute approximate surface area is 165 Å². The van der Waals surface area contributed by atoms with Gasteiger partial charge >= 0.3 is 0 Å². The topological polar surface area (TPSA) is 36.5 Å². The van der Waals surface area contributed by atoms with Crippen molar-refractivity contribution < 1.29 is 4.74 Å². The van der Waals surface area contributed by atoms with Gasteiger partial charge < -0.3 is 15.4 Å². The Balaban J connectivity index is 1.43. The molecule has 0 aliphatic carbocycles. The van der Waals surface area contributed by atoms with Crippen molar-refractivity contribution in [2.24, 2.45) is 0 Å². The van der Waals surface area contributed by atoms with Crippen molar-refractivity contribution in [2.75, 3.05) is 39.3 Å². The summed E-state index contributed by atoms with van der Waals surface area (Å²) in [7, 11) is 0. The van der Waals surface area contributed by atoms with Crippen LogP contribution < -0.4 is 15.4 Å². The molecule has 0 unspecified atom stereocenters. The summed E-state index contributed by atoms with van der Waals surface area (Å²) in [6, 6.07) is 13.6. The highest BCUT2D eigenvalue weighted by atomic mass is 35.5. The third-order valence-electron chi connectivity index (χ3n) is 4.45. The zero-order chi connectivity index (χ0) is 18.2. The van der Waals surface area contributed by atoms with E-state index in [9.17, 15) is 0 Å². The molecule has 0 radical (unpaired) electrons. The van der Waals surface area contributed by atoms with Gasteiger partial charge in [0, 0.05) is 61.4 Å². The Kier molecular flexibility index (Phi) is 7.59. The summed E-state index contributed by atoms with van der Waals surface area (Å²) in [5.74, 6) is 0.845. The maximum Gasteiger partial charge on any atom is 0.120 e. The van der Waals surface area contributed by atoms with Gasteiger partial charge in [0.25, 0.3) is 0 Å². The van der Waals surface area contributed by atoms with Gasteiger partial charge in [-0.15, -0.1) is 0 Å². The Morgan fingerprint density at radius 1 is 1.08 bits per heavy atom. The number of benzene rings is 2. The molecule has 1 saturated heterocycles. The van der Waals surface area contributed by atoms with Crippen molar-refractivity contribution in [1.82, 2.24) is 15.5 Å². The third-order valence-corrected chi connectivity index (χ3v) is 5.04. The van der Waals surface area contributed by atoms with Crippen molar-refractivity contribution >= 4 is 23.2 Å². The van der Waals surface area contributed by atoms with Crippen LogP contribution in [0.25, 0.3) is 0 Å². The largest absolute Gasteiger partial charge is 0.489 e. The fourth-order valence-electron chi connectivity index (χ4n) is 2.95. The van der Waals surface area contributed by atoms with Crippen LogP contribution in [0.5, 0.6) is 5.75 Å². The van der Waals surface area contributed by atoms with Gasteiger partial charge in [0.05, 0.1) is 0 Å². The Hall–Kier alpha value is -1.30. The number of hydrogen-bond acceptors (Lipinski definition) is 4. The average Bonchev–Trinajstić information content (AvgIpc) is 2.66. The molecule has 0 aromatic heterocycles. The fraction of sp³-hybridized carbons (Fsp3) is 0.400. The predicted molar refractivity (Wildman–Crippen MR) is 108 cm³/mol. The highest BCUT2D eigenvalue weighted by molar-refractivity contribution is 6.35. The van der Waals surface area contributed by atoms with Gasteiger partial charge in [-0.3, -0.25) is 4.90 Å². The Morgan fingerprint density at radius 2 is 1.92 bits per heavy atom. The second kappa shape index (κ2) is 10.1. The van der Waals surface area contributed by atoms with E-state index in [-0.39, 0.29) is 0 Å². The van der Waals surface area contributed by atoms with Gasteiger partial charge in [0.15, 0.2) is 0 Å². The molecule has 1 aliphatic rings. The number of piperazine rings is 1. The summed E-state index contributed by atoms with van der Waals surface area (Å²) < 4.78 is 5.88. The van der Waals surface area contributed by atoms with Crippen molar-refractivity contribution in [3.63, 3.8) is 0 Å². The number of nitrogens with one attached hydrogen (secondary N) is 2. The van der Waals surface area contributed by atoms with Gasteiger partial charge in [-0.2, -0.15) is 0 Å². The lowest BCUT2D eigenvalue weighted by Crippen LogP contribution is -2.45. The quantitative estimate of drug-likeness (QED) is 0.672. The van der Waals surface area contributed by atoms with E-state index < -0.39 is 0 Å². The Morgan fingerprint density at radius 3 is 2.73 bits per heavy atom. The first-order valence-electron chi connectivity index (χ1n) is 9.00. The molecule has 0 spiro atoms. The van der Waals surface area contributed by atoms with Gasteiger partial charge in [0.2, 0.25) is 0 Å². The van der Waals surface area contributed by atoms with Crippen LogP contribution in [0.3, 0.4) is 0 Å². The maximum atomic E-state index is 6.19. The molecule has 3 rings (SSSR count). The maximum absolute atomic E-state index is 6.19. The van der Waals surface area contributed by atoms with Crippen LogP contribution in [0, 0.1) is 0 Å². The van der Waals surface area contributed by atoms with Crippen molar-refractivity contribution in [3.05, 3.63) is 63.6 Å². The van der Waals surface area contributed by atoms with E-state index in [1.54, 1.807) is 6.07 Å². The SMILES string of the molecule is Clc1ccc(COc2cccc(CNCCN3CCNCC3)c2)c(Cl)c1. The summed E-state index contributed by atoms with van der Waals surface area (Å²) in [5, 5.41) is 8.15. The van der Waals surface area contributed by atoms with Gasteiger partial charge in [0.1, 0.15) is 12.4 Å². The first-order chi connectivity index (χ1) is 12.7. The normalized spacial score (nSPS) is 15.2. The lowest BCUT2D eigenvalue weighted by molar-refractivity contribution is 0.241. The molecule has 0 saturated carbocycles. The molecular weight excluding hydrogens is 369 g/mol. The van der Waals surface area contributed by atoms with Crippen LogP contribution >= 0.6 is 23.2 Å². The highest BCUT2D eigenvalue weighted by Crippen LogP contribution is 2.23. The highest BCUT2D eigenvalue weighted by Gasteiger charge is 2.08. The van der Waals surface area contributed by atoms with Crippen LogP contribution in [-0.4, -0.2) is 44.2 Å². The van der Waals surface area contributed by atoms with E-state index >= 15 is 0 Å². The molecule has 0 amide bonds. The van der Waals surface area contributed by atoms with E-state index in [4.69, 9.17) is 27.9 Å². The number of hydrogen-bond donors (Lipinski definition) is 2. The molecule has 1 aliphatic heterocycles. The number of halogens is 2. The number of rotatable bonds is 8. The molecule has 0 bridgehead atoms. The van der Waals surface area contributed by atoms with Gasteiger partial charge in [-0.05, 0) is 29.8 Å². The molecule has 1 fully saturated rings. The van der Waals surface area contributed by atoms with Gasteiger partial charge in [-0.25, -0.2) is 0 Å². The molecular formula is C20H25Cl2N3O. The minimum Gasteiger partial charge on any atom is -0.489 e. The van der Waals surface area contributed by atoms with Crippen LogP contribution in [0.1, 0.15) is 11.1 Å². The van der Waals surface area contributed by atoms with Crippen LogP contribution in [-0.2, 0) is 13.2 Å². The first-order valence-corrected chi connectivity index (χ1v) is 9.76. The van der Waals surface area contributed by atoms with Crippen LogP contribution in [0.15, 0.2) is 42.5 Å². The standard InChI is InChI=1S/C20H25Cl2N3O/c21-18-5-4-17(20(22)13-18)15-26-19-3-1-2-16(12-19)14-24-8-11-25-9-6-23-7-10-25/h1-5,12-13,23-24H,6-11,14-15H2. The predicted octanol–water partition coefficient (Wildman–Crippen LogP) is 3.57. The Bertz CT molecular complexity index is 705. The minimum absolute atomic E-state index is 0.426. The van der Waals surface area contributed by atoms with Crippen LogP contribution in [0.4, 0.5) is 0 Å². The molecule has 26 heavy (non-hydrogen) atoms. The average molecular weight is 394 g/mol. The first kappa shape index (κ1) is 19.5. The molecule has 0 atom stereocenters. The summed E-state index contributed by atoms with van der Waals surface area (Å²) in [6.07, 6.45) is 0. The van der Waals surface area contributed by atoms with E-state index in [1.165, 1.54) is 5.56 Å². The second-order valence-corrected chi connectivity index (χ2v) is 7.28. The second-order valence-electron chi connectivity index (χ2n) is 6.44. The molecule has 6 heteroatoms. The lowest BCUT2D eigenvalue weighted by atomic mass is 10.2. The summed E-state index contributed by atoms with van der Waals surface area (Å²) in [6.45, 7) is 7.81. The van der Waals surface area contributed by atoms with Crippen molar-refractivity contribution in [3.8, 4) is 5.75 Å². The van der Waals surface area contributed by atoms with E-state index in [0.717, 1.165) is 57.1 Å². The number of ether oxygens (including phenoxy) is 1. The zero-order valence-electron chi connectivity index (χ0n) is 14.8. The fourth-order valence-corrected chi connectivity index (χ4v) is 3.41. The smallest absolute Gasteiger partial charge is 0.120 e. The van der Waals surface area contributed by atoms with E-state index in [1.807, 2.05) is 24.3 Å². The van der Waals surface area contributed by atoms with Crippen molar-refractivity contribution in [1.29, 1.82) is 0 Å². The minimum atomic E-state index is 0.426. The molecule has 4 nitrogen and oxygen atoms in total. The molecule has 140 valence electrons. The third kappa shape index (κ3) is 6.15.